The summed E-state index contributed by atoms with van der Waals surface area (Å²) in [5.41, 5.74) is 6.89. The molecule has 118 valence electrons. The summed E-state index contributed by atoms with van der Waals surface area (Å²) >= 11 is 0. The number of nitrogens with two attached hydrogens (primary N) is 1. The van der Waals surface area contributed by atoms with E-state index in [1.807, 2.05) is 19.9 Å². The topological polar surface area (TPSA) is 72.6 Å². The van der Waals surface area contributed by atoms with E-state index in [0.717, 1.165) is 24.8 Å². The Balaban J connectivity index is 2.47. The molecule has 0 amide bonds. The Kier molecular flexibility index (Phi) is 4.91. The zero-order valence-electron chi connectivity index (χ0n) is 12.9. The minimum absolute atomic E-state index is 0.144. The molecule has 6 heteroatoms. The molecule has 1 heterocycles. The summed E-state index contributed by atoms with van der Waals surface area (Å²) in [6, 6.07) is 4.88. The van der Waals surface area contributed by atoms with Gasteiger partial charge in [0.1, 0.15) is 10.6 Å². The van der Waals surface area contributed by atoms with Gasteiger partial charge < -0.3 is 10.5 Å². The van der Waals surface area contributed by atoms with Crippen LogP contribution in [0.4, 0.5) is 0 Å². The molecule has 0 radical (unpaired) electrons. The van der Waals surface area contributed by atoms with Crippen molar-refractivity contribution in [2.75, 3.05) is 13.7 Å². The molecule has 2 unspecified atom stereocenters. The van der Waals surface area contributed by atoms with Gasteiger partial charge in [0.25, 0.3) is 0 Å². The maximum atomic E-state index is 13.0. The van der Waals surface area contributed by atoms with E-state index in [0.29, 0.717) is 12.3 Å². The molecule has 1 aromatic carbocycles. The zero-order chi connectivity index (χ0) is 15.6. The van der Waals surface area contributed by atoms with Crippen molar-refractivity contribution in [2.45, 2.75) is 50.1 Å². The third-order valence-corrected chi connectivity index (χ3v) is 5.96. The van der Waals surface area contributed by atoms with Crippen LogP contribution in [0.3, 0.4) is 0 Å². The summed E-state index contributed by atoms with van der Waals surface area (Å²) in [5.74, 6) is 0.384. The molecule has 1 aromatic rings. The van der Waals surface area contributed by atoms with E-state index in [-0.39, 0.29) is 17.0 Å². The van der Waals surface area contributed by atoms with Crippen molar-refractivity contribution >= 4 is 10.0 Å². The van der Waals surface area contributed by atoms with Crippen molar-refractivity contribution in [3.8, 4) is 5.75 Å². The lowest BCUT2D eigenvalue weighted by Gasteiger charge is -2.37. The van der Waals surface area contributed by atoms with E-state index >= 15 is 0 Å². The quantitative estimate of drug-likeness (QED) is 0.921. The second kappa shape index (κ2) is 6.34. The number of rotatable bonds is 4. The van der Waals surface area contributed by atoms with Crippen LogP contribution in [0.15, 0.2) is 23.1 Å². The van der Waals surface area contributed by atoms with Crippen molar-refractivity contribution < 1.29 is 13.2 Å². The number of aryl methyl sites for hydroxylation is 1. The Hall–Kier alpha value is -1.11. The number of ether oxygens (including phenoxy) is 1. The molecule has 2 N–H and O–H groups in total. The molecule has 0 bridgehead atoms. The molecule has 0 spiro atoms. The minimum atomic E-state index is -3.59. The maximum Gasteiger partial charge on any atom is 0.247 e. The number of sulfonamides is 1. The Morgan fingerprint density at radius 2 is 2.10 bits per heavy atom. The molecule has 2 atom stereocenters. The van der Waals surface area contributed by atoms with Crippen molar-refractivity contribution in [1.29, 1.82) is 0 Å². The number of hydrogen-bond acceptors (Lipinski definition) is 4. The van der Waals surface area contributed by atoms with Crippen LogP contribution in [0.1, 0.15) is 31.7 Å². The second-order valence-corrected chi connectivity index (χ2v) is 7.55. The number of methoxy groups -OCH3 is 1. The van der Waals surface area contributed by atoms with Gasteiger partial charge in [0.2, 0.25) is 10.0 Å². The van der Waals surface area contributed by atoms with Crippen molar-refractivity contribution in [2.24, 2.45) is 5.73 Å². The highest BCUT2D eigenvalue weighted by Gasteiger charge is 2.36. The summed E-state index contributed by atoms with van der Waals surface area (Å²) < 4.78 is 32.8. The molecule has 0 saturated carbocycles. The van der Waals surface area contributed by atoms with Crippen LogP contribution < -0.4 is 10.5 Å². The van der Waals surface area contributed by atoms with E-state index in [4.69, 9.17) is 10.5 Å². The van der Waals surface area contributed by atoms with Crippen LogP contribution in [0, 0.1) is 6.92 Å². The third-order valence-electron chi connectivity index (χ3n) is 4.01. The Bertz CT molecular complexity index is 599. The largest absolute Gasteiger partial charge is 0.495 e. The molecule has 0 aliphatic carbocycles. The highest BCUT2D eigenvalue weighted by molar-refractivity contribution is 7.89. The van der Waals surface area contributed by atoms with Gasteiger partial charge in [-0.05, 0) is 44.4 Å². The monoisotopic (exact) mass is 312 g/mol. The van der Waals surface area contributed by atoms with Gasteiger partial charge in [-0.3, -0.25) is 0 Å². The summed E-state index contributed by atoms with van der Waals surface area (Å²) in [6.07, 6.45) is 2.70. The number of piperidine rings is 1. The molecule has 1 aliphatic heterocycles. The van der Waals surface area contributed by atoms with Gasteiger partial charge in [0, 0.05) is 18.6 Å². The molecule has 1 saturated heterocycles. The number of hydrogen-bond donors (Lipinski definition) is 1. The smallest absolute Gasteiger partial charge is 0.247 e. The summed E-state index contributed by atoms with van der Waals surface area (Å²) in [7, 11) is -2.10. The van der Waals surface area contributed by atoms with Crippen LogP contribution in [-0.4, -0.2) is 38.5 Å². The predicted octanol–water partition coefficient (Wildman–Crippen LogP) is 1.89. The number of benzene rings is 1. The van der Waals surface area contributed by atoms with Gasteiger partial charge in [0.05, 0.1) is 7.11 Å². The fraction of sp³-hybridized carbons (Fsp3) is 0.600. The first kappa shape index (κ1) is 16.3. The molecular weight excluding hydrogens is 288 g/mol. The first-order valence-electron chi connectivity index (χ1n) is 7.30. The van der Waals surface area contributed by atoms with Gasteiger partial charge in [-0.15, -0.1) is 0 Å². The van der Waals surface area contributed by atoms with E-state index in [2.05, 4.69) is 0 Å². The Morgan fingerprint density at radius 3 is 2.71 bits per heavy atom. The molecule has 1 fully saturated rings. The lowest BCUT2D eigenvalue weighted by Crippen LogP contribution is -2.51. The van der Waals surface area contributed by atoms with Crippen LogP contribution >= 0.6 is 0 Å². The highest BCUT2D eigenvalue weighted by Crippen LogP contribution is 2.32. The normalized spacial score (nSPS) is 22.0. The first-order valence-corrected chi connectivity index (χ1v) is 8.74. The molecule has 5 nitrogen and oxygen atoms in total. The van der Waals surface area contributed by atoms with Gasteiger partial charge in [-0.2, -0.15) is 4.31 Å². The van der Waals surface area contributed by atoms with Gasteiger partial charge >= 0.3 is 0 Å². The van der Waals surface area contributed by atoms with Gasteiger partial charge in [0.15, 0.2) is 0 Å². The first-order chi connectivity index (χ1) is 9.87. The average molecular weight is 312 g/mol. The summed E-state index contributed by atoms with van der Waals surface area (Å²) in [6.45, 7) is 4.26. The van der Waals surface area contributed by atoms with E-state index in [1.165, 1.54) is 7.11 Å². The zero-order valence-corrected chi connectivity index (χ0v) is 13.7. The van der Waals surface area contributed by atoms with E-state index in [9.17, 15) is 8.42 Å². The lowest BCUT2D eigenvalue weighted by molar-refractivity contribution is 0.226. The fourth-order valence-electron chi connectivity index (χ4n) is 2.87. The standard InChI is InChI=1S/C15H24N2O3S/c1-11-7-8-14(20-3)15(10-11)21(18,19)17-9-5-4-6-13(17)12(2)16/h7-8,10,12-13H,4-6,9,16H2,1-3H3. The second-order valence-electron chi connectivity index (χ2n) is 5.69. The van der Waals surface area contributed by atoms with Gasteiger partial charge in [-0.1, -0.05) is 12.5 Å². The van der Waals surface area contributed by atoms with Crippen molar-refractivity contribution in [3.05, 3.63) is 23.8 Å². The van der Waals surface area contributed by atoms with Crippen LogP contribution in [-0.2, 0) is 10.0 Å². The van der Waals surface area contributed by atoms with Crippen LogP contribution in [0.5, 0.6) is 5.75 Å². The highest BCUT2D eigenvalue weighted by atomic mass is 32.2. The molecular formula is C15H24N2O3S. The van der Waals surface area contributed by atoms with Crippen molar-refractivity contribution in [1.82, 2.24) is 4.31 Å². The molecule has 21 heavy (non-hydrogen) atoms. The minimum Gasteiger partial charge on any atom is -0.495 e. The molecule has 2 rings (SSSR count). The molecule has 0 aromatic heterocycles. The maximum absolute atomic E-state index is 13.0. The Morgan fingerprint density at radius 1 is 1.38 bits per heavy atom. The fourth-order valence-corrected chi connectivity index (χ4v) is 4.88. The number of nitrogens with zero attached hydrogens (tertiary/aromatic N) is 1. The lowest BCUT2D eigenvalue weighted by atomic mass is 10.00. The third kappa shape index (κ3) is 3.22. The summed E-state index contributed by atoms with van der Waals surface area (Å²) in [4.78, 5) is 0.234. The predicted molar refractivity (Wildman–Crippen MR) is 82.9 cm³/mol. The van der Waals surface area contributed by atoms with Gasteiger partial charge in [-0.25, -0.2) is 8.42 Å². The summed E-state index contributed by atoms with van der Waals surface area (Å²) in [5, 5.41) is 0. The van der Waals surface area contributed by atoms with E-state index in [1.54, 1.807) is 16.4 Å². The SMILES string of the molecule is COc1ccc(C)cc1S(=O)(=O)N1CCCCC1C(C)N. The average Bonchev–Trinajstić information content (AvgIpc) is 2.47. The van der Waals surface area contributed by atoms with Crippen LogP contribution in [0.2, 0.25) is 0 Å². The molecule has 1 aliphatic rings. The van der Waals surface area contributed by atoms with E-state index < -0.39 is 10.0 Å². The van der Waals surface area contributed by atoms with Crippen LogP contribution in [0.25, 0.3) is 0 Å². The van der Waals surface area contributed by atoms with Crippen molar-refractivity contribution in [3.63, 3.8) is 0 Å². The Labute approximate surface area is 127 Å².